The Hall–Kier alpha value is -2.07. The molecule has 186 valence electrons. The Kier molecular flexibility index (Phi) is 7.57. The highest BCUT2D eigenvalue weighted by molar-refractivity contribution is 7.87. The fourth-order valence-corrected chi connectivity index (χ4v) is 6.01. The Morgan fingerprint density at radius 2 is 1.79 bits per heavy atom. The van der Waals surface area contributed by atoms with Crippen LogP contribution in [0.1, 0.15) is 60.9 Å². The minimum atomic E-state index is -3.66. The maximum atomic E-state index is 14.2. The molecule has 1 saturated carbocycles. The first-order valence-corrected chi connectivity index (χ1v) is 13.4. The van der Waals surface area contributed by atoms with Gasteiger partial charge in [0.05, 0.1) is 18.8 Å². The molecule has 0 unspecified atom stereocenters. The van der Waals surface area contributed by atoms with Crippen molar-refractivity contribution in [3.05, 3.63) is 69.4 Å². The maximum Gasteiger partial charge on any atom is 0.279 e. The van der Waals surface area contributed by atoms with Crippen molar-refractivity contribution in [1.82, 2.24) is 13.6 Å². The van der Waals surface area contributed by atoms with Crippen LogP contribution >= 0.6 is 0 Å². The van der Waals surface area contributed by atoms with E-state index in [0.29, 0.717) is 18.4 Å². The zero-order valence-electron chi connectivity index (χ0n) is 20.0. The summed E-state index contributed by atoms with van der Waals surface area (Å²) in [6, 6.07) is 9.82. The largest absolute Gasteiger partial charge is 0.376 e. The van der Waals surface area contributed by atoms with Gasteiger partial charge in [0.25, 0.3) is 15.8 Å². The summed E-state index contributed by atoms with van der Waals surface area (Å²) in [5.41, 5.74) is 2.17. The molecule has 34 heavy (non-hydrogen) atoms. The number of pyridine rings is 1. The van der Waals surface area contributed by atoms with Crippen LogP contribution < -0.4 is 10.3 Å². The second-order valence-corrected chi connectivity index (χ2v) is 11.5. The normalized spacial score (nSPS) is 25.3. The zero-order chi connectivity index (χ0) is 24.5. The number of ether oxygens (including phenoxy) is 1. The molecule has 7 nitrogen and oxygen atoms in total. The van der Waals surface area contributed by atoms with Crippen molar-refractivity contribution >= 4 is 10.2 Å². The van der Waals surface area contributed by atoms with Gasteiger partial charge in [-0.3, -0.25) is 4.79 Å². The SMILES string of the molecule is Cc1ccc2n(c1=O)[C@@H](COC1CCC(c3ccccc3F)CC1)[C@@H](NS(=O)(=O)N(C)C)CC2. The number of nitrogens with one attached hydrogen (secondary N) is 1. The molecule has 0 amide bonds. The number of nitrogens with zero attached hydrogens (tertiary/aromatic N) is 2. The van der Waals surface area contributed by atoms with Gasteiger partial charge >= 0.3 is 0 Å². The van der Waals surface area contributed by atoms with E-state index >= 15 is 0 Å². The first-order valence-electron chi connectivity index (χ1n) is 11.9. The Bertz CT molecular complexity index is 1170. The van der Waals surface area contributed by atoms with Gasteiger partial charge in [0, 0.05) is 31.4 Å². The lowest BCUT2D eigenvalue weighted by Gasteiger charge is -2.37. The van der Waals surface area contributed by atoms with E-state index in [1.165, 1.54) is 20.2 Å². The Morgan fingerprint density at radius 1 is 1.09 bits per heavy atom. The quantitative estimate of drug-likeness (QED) is 0.645. The fraction of sp³-hybridized carbons (Fsp3) is 0.560. The van der Waals surface area contributed by atoms with Gasteiger partial charge in [0.1, 0.15) is 5.82 Å². The number of fused-ring (bicyclic) bond motifs is 1. The van der Waals surface area contributed by atoms with Crippen molar-refractivity contribution in [3.8, 4) is 0 Å². The first-order chi connectivity index (χ1) is 16.2. The van der Waals surface area contributed by atoms with Gasteiger partial charge in [-0.25, -0.2) is 4.39 Å². The van der Waals surface area contributed by atoms with Crippen LogP contribution in [0.2, 0.25) is 0 Å². The number of aryl methyl sites for hydroxylation is 2. The highest BCUT2D eigenvalue weighted by Gasteiger charge is 2.35. The summed E-state index contributed by atoms with van der Waals surface area (Å²) in [4.78, 5) is 13.0. The number of benzene rings is 1. The first kappa shape index (κ1) is 25.0. The van der Waals surface area contributed by atoms with Gasteiger partial charge in [-0.1, -0.05) is 24.3 Å². The van der Waals surface area contributed by atoms with Gasteiger partial charge in [0.2, 0.25) is 0 Å². The lowest BCUT2D eigenvalue weighted by molar-refractivity contribution is -0.00192. The number of aromatic nitrogens is 1. The number of hydrogen-bond donors (Lipinski definition) is 1. The van der Waals surface area contributed by atoms with Crippen LogP contribution in [0.3, 0.4) is 0 Å². The van der Waals surface area contributed by atoms with E-state index in [1.54, 1.807) is 17.6 Å². The minimum absolute atomic E-state index is 0.0000159. The van der Waals surface area contributed by atoms with Gasteiger partial charge in [-0.05, 0) is 69.1 Å². The Labute approximate surface area is 201 Å². The van der Waals surface area contributed by atoms with Crippen LogP contribution in [0.4, 0.5) is 4.39 Å². The molecule has 4 rings (SSSR count). The molecule has 0 saturated heterocycles. The van der Waals surface area contributed by atoms with Crippen LogP contribution in [-0.4, -0.2) is 50.1 Å². The molecule has 0 bridgehead atoms. The van der Waals surface area contributed by atoms with E-state index in [0.717, 1.165) is 41.2 Å². The number of halogens is 1. The highest BCUT2D eigenvalue weighted by atomic mass is 32.2. The summed E-state index contributed by atoms with van der Waals surface area (Å²) in [6.45, 7) is 2.01. The smallest absolute Gasteiger partial charge is 0.279 e. The molecule has 0 radical (unpaired) electrons. The lowest BCUT2D eigenvalue weighted by atomic mass is 9.82. The molecule has 1 aliphatic heterocycles. The second-order valence-electron chi connectivity index (χ2n) is 9.63. The summed E-state index contributed by atoms with van der Waals surface area (Å²) in [6.07, 6.45) is 4.47. The monoisotopic (exact) mass is 491 g/mol. The van der Waals surface area contributed by atoms with Crippen molar-refractivity contribution < 1.29 is 17.5 Å². The van der Waals surface area contributed by atoms with E-state index in [2.05, 4.69) is 4.72 Å². The second kappa shape index (κ2) is 10.3. The topological polar surface area (TPSA) is 80.6 Å². The standard InChI is InChI=1S/C25H34FN3O4S/c1-17-8-11-19-12-15-23(27-34(31,32)28(2)3)24(29(19)25(17)30)16-33-20-13-9-18(10-14-20)21-6-4-5-7-22(21)26/h4-8,11,18,20,23-24,27H,9-10,12-16H2,1-3H3/t18?,20?,23-,24-/m0/s1. The van der Waals surface area contributed by atoms with E-state index in [9.17, 15) is 17.6 Å². The van der Waals surface area contributed by atoms with Crippen LogP contribution in [0, 0.1) is 12.7 Å². The van der Waals surface area contributed by atoms with E-state index < -0.39 is 22.3 Å². The maximum absolute atomic E-state index is 14.2. The lowest BCUT2D eigenvalue weighted by Crippen LogP contribution is -2.52. The van der Waals surface area contributed by atoms with Gasteiger partial charge in [-0.2, -0.15) is 17.4 Å². The number of hydrogen-bond acceptors (Lipinski definition) is 4. The third-order valence-electron chi connectivity index (χ3n) is 7.20. The molecule has 1 aromatic carbocycles. The fourth-order valence-electron chi connectivity index (χ4n) is 5.14. The zero-order valence-corrected chi connectivity index (χ0v) is 20.9. The third kappa shape index (κ3) is 5.27. The molecule has 2 heterocycles. The average molecular weight is 492 g/mol. The highest BCUT2D eigenvalue weighted by Crippen LogP contribution is 2.36. The molecule has 2 aromatic rings. The molecule has 1 aliphatic carbocycles. The average Bonchev–Trinajstić information content (AvgIpc) is 2.81. The minimum Gasteiger partial charge on any atom is -0.376 e. The summed E-state index contributed by atoms with van der Waals surface area (Å²) < 4.78 is 51.2. The summed E-state index contributed by atoms with van der Waals surface area (Å²) in [5.74, 6) is 0.0258. The van der Waals surface area contributed by atoms with Crippen LogP contribution in [0.25, 0.3) is 0 Å². The van der Waals surface area contributed by atoms with Crippen molar-refractivity contribution in [2.75, 3.05) is 20.7 Å². The molecule has 0 spiro atoms. The summed E-state index contributed by atoms with van der Waals surface area (Å²) in [5, 5.41) is 0. The third-order valence-corrected chi connectivity index (χ3v) is 8.76. The van der Waals surface area contributed by atoms with Crippen LogP contribution in [0.15, 0.2) is 41.2 Å². The summed E-state index contributed by atoms with van der Waals surface area (Å²) >= 11 is 0. The van der Waals surface area contributed by atoms with Crippen LogP contribution in [0.5, 0.6) is 0 Å². The van der Waals surface area contributed by atoms with Crippen molar-refractivity contribution in [2.24, 2.45) is 0 Å². The van der Waals surface area contributed by atoms with Crippen molar-refractivity contribution in [3.63, 3.8) is 0 Å². The number of rotatable bonds is 7. The Morgan fingerprint density at radius 3 is 2.47 bits per heavy atom. The molecular weight excluding hydrogens is 457 g/mol. The van der Waals surface area contributed by atoms with Gasteiger partial charge in [-0.15, -0.1) is 0 Å². The predicted molar refractivity (Wildman–Crippen MR) is 130 cm³/mol. The molecular formula is C25H34FN3O4S. The van der Waals surface area contributed by atoms with Gasteiger partial charge < -0.3 is 9.30 Å². The molecule has 9 heteroatoms. The molecule has 1 N–H and O–H groups in total. The Balaban J connectivity index is 1.49. The van der Waals surface area contributed by atoms with E-state index in [4.69, 9.17) is 4.74 Å². The molecule has 1 fully saturated rings. The molecule has 2 atom stereocenters. The van der Waals surface area contributed by atoms with E-state index in [1.807, 2.05) is 24.3 Å². The van der Waals surface area contributed by atoms with Gasteiger partial charge in [0.15, 0.2) is 0 Å². The predicted octanol–water partition coefficient (Wildman–Crippen LogP) is 3.29. The summed E-state index contributed by atoms with van der Waals surface area (Å²) in [7, 11) is -0.702. The van der Waals surface area contributed by atoms with Crippen molar-refractivity contribution in [2.45, 2.75) is 69.6 Å². The molecule has 1 aromatic heterocycles. The molecule has 2 aliphatic rings. The van der Waals surface area contributed by atoms with E-state index in [-0.39, 0.29) is 30.0 Å². The van der Waals surface area contributed by atoms with Crippen molar-refractivity contribution in [1.29, 1.82) is 0 Å². The van der Waals surface area contributed by atoms with Crippen LogP contribution in [-0.2, 0) is 21.4 Å².